The zero-order valence-corrected chi connectivity index (χ0v) is 18.3. The molecule has 1 aromatic heterocycles. The van der Waals surface area contributed by atoms with Crippen molar-refractivity contribution in [3.8, 4) is 16.9 Å². The second kappa shape index (κ2) is 7.82. The van der Waals surface area contributed by atoms with E-state index in [0.29, 0.717) is 41.9 Å². The fourth-order valence-electron chi connectivity index (χ4n) is 4.52. The Morgan fingerprint density at radius 2 is 1.88 bits per heavy atom. The molecule has 3 heterocycles. The first kappa shape index (κ1) is 21.4. The standard InChI is InChI=1S/C23H21N3O6S/c27-16-7-4-10-25(12-16)22(28)14-5-3-6-15(11-14)26-21-17-8-1-2-9-19(17)33(31,32)13-18(21)20(24-26)23(29)30/h1-3,5-6,8-9,11,16,27H,4,7,10,12-13H2,(H,29,30). The number of amides is 1. The molecule has 2 aliphatic heterocycles. The number of β-amino-alcohol motifs (C(OH)–C–C–N with tert-alkyl or cyclic N) is 1. The Morgan fingerprint density at radius 3 is 2.64 bits per heavy atom. The van der Waals surface area contributed by atoms with Crippen molar-refractivity contribution in [1.29, 1.82) is 0 Å². The Bertz CT molecular complexity index is 1390. The average molecular weight is 468 g/mol. The molecular weight excluding hydrogens is 446 g/mol. The number of carboxylic acids is 1. The fourth-order valence-corrected chi connectivity index (χ4v) is 6.11. The predicted molar refractivity (Wildman–Crippen MR) is 118 cm³/mol. The number of piperidine rings is 1. The molecule has 9 nitrogen and oxygen atoms in total. The van der Waals surface area contributed by atoms with Crippen molar-refractivity contribution in [2.24, 2.45) is 0 Å². The number of carboxylic acid groups (broad SMARTS) is 1. The molecule has 33 heavy (non-hydrogen) atoms. The van der Waals surface area contributed by atoms with E-state index in [9.17, 15) is 28.2 Å². The highest BCUT2D eigenvalue weighted by Gasteiger charge is 2.36. The van der Waals surface area contributed by atoms with Gasteiger partial charge in [0.2, 0.25) is 0 Å². The molecule has 170 valence electrons. The number of hydrogen-bond donors (Lipinski definition) is 2. The molecule has 1 saturated heterocycles. The van der Waals surface area contributed by atoms with Crippen LogP contribution in [0.4, 0.5) is 0 Å². The summed E-state index contributed by atoms with van der Waals surface area (Å²) in [6.07, 6.45) is 0.816. The first-order chi connectivity index (χ1) is 15.8. The highest BCUT2D eigenvalue weighted by atomic mass is 32.2. The number of nitrogens with zero attached hydrogens (tertiary/aromatic N) is 3. The van der Waals surface area contributed by atoms with E-state index >= 15 is 0 Å². The lowest BCUT2D eigenvalue weighted by Gasteiger charge is -2.30. The second-order valence-corrected chi connectivity index (χ2v) is 10.2. The molecule has 0 saturated carbocycles. The number of sulfone groups is 1. The lowest BCUT2D eigenvalue weighted by Crippen LogP contribution is -2.42. The van der Waals surface area contributed by atoms with E-state index in [-0.39, 0.29) is 28.6 Å². The van der Waals surface area contributed by atoms with Crippen LogP contribution in [-0.4, -0.2) is 64.4 Å². The van der Waals surface area contributed by atoms with E-state index in [1.165, 1.54) is 10.7 Å². The van der Waals surface area contributed by atoms with Gasteiger partial charge in [0.15, 0.2) is 15.5 Å². The third-order valence-corrected chi connectivity index (χ3v) is 7.71. The highest BCUT2D eigenvalue weighted by molar-refractivity contribution is 7.90. The largest absolute Gasteiger partial charge is 0.476 e. The van der Waals surface area contributed by atoms with Crippen LogP contribution in [0, 0.1) is 0 Å². The molecular formula is C23H21N3O6S. The number of hydrogen-bond acceptors (Lipinski definition) is 6. The number of carbonyl (C=O) groups excluding carboxylic acids is 1. The number of aliphatic hydroxyl groups is 1. The van der Waals surface area contributed by atoms with Crippen LogP contribution in [0.2, 0.25) is 0 Å². The van der Waals surface area contributed by atoms with Crippen LogP contribution in [0.1, 0.15) is 39.3 Å². The maximum absolute atomic E-state index is 13.0. The summed E-state index contributed by atoms with van der Waals surface area (Å²) in [4.78, 5) is 26.6. The minimum Gasteiger partial charge on any atom is -0.476 e. The van der Waals surface area contributed by atoms with E-state index in [1.54, 1.807) is 47.4 Å². The maximum atomic E-state index is 13.0. The molecule has 2 aliphatic rings. The number of benzene rings is 2. The summed E-state index contributed by atoms with van der Waals surface area (Å²) < 4.78 is 27.0. The van der Waals surface area contributed by atoms with Crippen LogP contribution in [0.15, 0.2) is 53.4 Å². The molecule has 1 fully saturated rings. The quantitative estimate of drug-likeness (QED) is 0.603. The van der Waals surface area contributed by atoms with Crippen molar-refractivity contribution in [2.75, 3.05) is 13.1 Å². The molecule has 10 heteroatoms. The monoisotopic (exact) mass is 467 g/mol. The molecule has 0 radical (unpaired) electrons. The summed E-state index contributed by atoms with van der Waals surface area (Å²) in [5.41, 5.74) is 1.36. The van der Waals surface area contributed by atoms with Gasteiger partial charge in [-0.1, -0.05) is 24.3 Å². The van der Waals surface area contributed by atoms with Crippen molar-refractivity contribution >= 4 is 21.7 Å². The Kier molecular flexibility index (Phi) is 5.06. The lowest BCUT2D eigenvalue weighted by molar-refractivity contribution is 0.0473. The van der Waals surface area contributed by atoms with Crippen LogP contribution in [-0.2, 0) is 15.6 Å². The molecule has 5 rings (SSSR count). The molecule has 2 aromatic carbocycles. The number of aromatic nitrogens is 2. The van der Waals surface area contributed by atoms with Crippen LogP contribution in [0.25, 0.3) is 16.9 Å². The average Bonchev–Trinajstić information content (AvgIpc) is 3.18. The number of aromatic carboxylic acids is 1. The summed E-state index contributed by atoms with van der Waals surface area (Å²) in [6.45, 7) is 0.806. The summed E-state index contributed by atoms with van der Waals surface area (Å²) in [7, 11) is -3.72. The van der Waals surface area contributed by atoms with Crippen molar-refractivity contribution in [3.63, 3.8) is 0 Å². The minimum absolute atomic E-state index is 0.116. The molecule has 0 spiro atoms. The van der Waals surface area contributed by atoms with Crippen LogP contribution < -0.4 is 0 Å². The number of aliphatic hydroxyl groups excluding tert-OH is 1. The van der Waals surface area contributed by atoms with E-state index in [0.717, 1.165) is 0 Å². The van der Waals surface area contributed by atoms with Crippen molar-refractivity contribution in [1.82, 2.24) is 14.7 Å². The SMILES string of the molecule is O=C(O)c1nn(-c2cccc(C(=O)N3CCCC(O)C3)c2)c2c1CS(=O)(=O)c1ccccc1-2. The first-order valence-corrected chi connectivity index (χ1v) is 12.2. The van der Waals surface area contributed by atoms with E-state index < -0.39 is 27.7 Å². The van der Waals surface area contributed by atoms with Gasteiger partial charge in [-0.3, -0.25) is 4.79 Å². The van der Waals surface area contributed by atoms with Gasteiger partial charge in [0.05, 0.1) is 28.1 Å². The Hall–Kier alpha value is -3.50. The second-order valence-electron chi connectivity index (χ2n) is 8.25. The van der Waals surface area contributed by atoms with Gasteiger partial charge in [-0.2, -0.15) is 5.10 Å². The number of carbonyl (C=O) groups is 2. The van der Waals surface area contributed by atoms with Crippen LogP contribution in [0.3, 0.4) is 0 Å². The van der Waals surface area contributed by atoms with Gasteiger partial charge in [0.25, 0.3) is 5.91 Å². The van der Waals surface area contributed by atoms with E-state index in [2.05, 4.69) is 5.10 Å². The molecule has 1 amide bonds. The molecule has 0 aliphatic carbocycles. The molecule has 3 aromatic rings. The predicted octanol–water partition coefficient (Wildman–Crippen LogP) is 2.12. The van der Waals surface area contributed by atoms with Crippen molar-refractivity contribution in [3.05, 3.63) is 65.4 Å². The van der Waals surface area contributed by atoms with Crippen molar-refractivity contribution < 1.29 is 28.2 Å². The van der Waals surface area contributed by atoms with Gasteiger partial charge in [-0.25, -0.2) is 17.9 Å². The highest BCUT2D eigenvalue weighted by Crippen LogP contribution is 2.40. The number of fused-ring (bicyclic) bond motifs is 3. The Balaban J connectivity index is 1.65. The summed E-state index contributed by atoms with van der Waals surface area (Å²) in [5, 5.41) is 23.9. The minimum atomic E-state index is -3.72. The van der Waals surface area contributed by atoms with Crippen molar-refractivity contribution in [2.45, 2.75) is 29.6 Å². The topological polar surface area (TPSA) is 130 Å². The van der Waals surface area contributed by atoms with E-state index in [4.69, 9.17) is 0 Å². The van der Waals surface area contributed by atoms with Gasteiger partial charge < -0.3 is 15.1 Å². The molecule has 0 bridgehead atoms. The third-order valence-electron chi connectivity index (χ3n) is 6.02. The fraction of sp³-hybridized carbons (Fsp3) is 0.261. The zero-order valence-electron chi connectivity index (χ0n) is 17.5. The number of likely N-dealkylation sites (tertiary alicyclic amines) is 1. The molecule has 1 unspecified atom stereocenters. The van der Waals surface area contributed by atoms with Gasteiger partial charge in [0, 0.05) is 29.8 Å². The zero-order chi connectivity index (χ0) is 23.3. The smallest absolute Gasteiger partial charge is 0.356 e. The number of rotatable bonds is 3. The van der Waals surface area contributed by atoms with Gasteiger partial charge in [-0.15, -0.1) is 0 Å². The van der Waals surface area contributed by atoms with Gasteiger partial charge in [0.1, 0.15) is 0 Å². The summed E-state index contributed by atoms with van der Waals surface area (Å²) in [6, 6.07) is 13.0. The molecule has 2 N–H and O–H groups in total. The Labute approximate surface area is 189 Å². The third kappa shape index (κ3) is 3.61. The Morgan fingerprint density at radius 1 is 1.09 bits per heavy atom. The van der Waals surface area contributed by atoms with Gasteiger partial charge >= 0.3 is 5.97 Å². The molecule has 1 atom stereocenters. The first-order valence-electron chi connectivity index (χ1n) is 10.5. The normalized spacial score (nSPS) is 18.9. The summed E-state index contributed by atoms with van der Waals surface area (Å²) in [5.74, 6) is -2.03. The van der Waals surface area contributed by atoms with Crippen LogP contribution in [0.5, 0.6) is 0 Å². The van der Waals surface area contributed by atoms with Gasteiger partial charge in [-0.05, 0) is 37.1 Å². The summed E-state index contributed by atoms with van der Waals surface area (Å²) >= 11 is 0. The lowest BCUT2D eigenvalue weighted by atomic mass is 10.0. The van der Waals surface area contributed by atoms with Crippen LogP contribution >= 0.6 is 0 Å². The van der Waals surface area contributed by atoms with E-state index in [1.807, 2.05) is 0 Å². The maximum Gasteiger partial charge on any atom is 0.356 e.